The first-order valence-electron chi connectivity index (χ1n) is 9.73. The Morgan fingerprint density at radius 3 is 2.60 bits per heavy atom. The first-order chi connectivity index (χ1) is 14.2. The maximum absolute atomic E-state index is 13.4. The molecule has 2 aromatic rings. The van der Waals surface area contributed by atoms with Crippen LogP contribution in [0.1, 0.15) is 31.9 Å². The molecule has 2 aliphatic rings. The van der Waals surface area contributed by atoms with Gasteiger partial charge in [-0.3, -0.25) is 4.79 Å². The molecule has 160 valence electrons. The fourth-order valence-corrected chi connectivity index (χ4v) is 3.76. The second kappa shape index (κ2) is 7.66. The largest absolute Gasteiger partial charge is 0.490 e. The van der Waals surface area contributed by atoms with E-state index in [9.17, 15) is 18.0 Å². The van der Waals surface area contributed by atoms with Gasteiger partial charge in [0.1, 0.15) is 23.6 Å². The molecule has 0 spiro atoms. The fourth-order valence-electron chi connectivity index (χ4n) is 3.76. The Morgan fingerprint density at radius 1 is 1.20 bits per heavy atom. The zero-order valence-corrected chi connectivity index (χ0v) is 16.8. The molecule has 1 fully saturated rings. The number of hydrogen-bond donors (Lipinski definition) is 2. The van der Waals surface area contributed by atoms with Gasteiger partial charge in [0.15, 0.2) is 23.3 Å². The molecular weight excluding hydrogens is 399 g/mol. The number of nitrogens with one attached hydrogen (secondary N) is 2. The number of ether oxygens (including phenoxy) is 1. The molecule has 1 aliphatic heterocycles. The summed E-state index contributed by atoms with van der Waals surface area (Å²) < 4.78 is 45.5. The van der Waals surface area contributed by atoms with Crippen LogP contribution in [0, 0.1) is 24.4 Å². The van der Waals surface area contributed by atoms with E-state index in [1.807, 2.05) is 0 Å². The van der Waals surface area contributed by atoms with Crippen molar-refractivity contribution in [1.29, 1.82) is 0 Å². The Kier molecular flexibility index (Phi) is 5.17. The third kappa shape index (κ3) is 3.73. The lowest BCUT2D eigenvalue weighted by Crippen LogP contribution is -2.45. The number of carbonyl (C=O) groups excluding carboxylic acids is 1. The van der Waals surface area contributed by atoms with Gasteiger partial charge in [-0.1, -0.05) is 0 Å². The van der Waals surface area contributed by atoms with Crippen LogP contribution in [0.2, 0.25) is 0 Å². The van der Waals surface area contributed by atoms with Gasteiger partial charge in [-0.15, -0.1) is 0 Å². The van der Waals surface area contributed by atoms with E-state index < -0.39 is 17.5 Å². The fraction of sp³-hybridized carbons (Fsp3) is 0.450. The third-order valence-electron chi connectivity index (χ3n) is 5.59. The first-order valence-corrected chi connectivity index (χ1v) is 9.73. The van der Waals surface area contributed by atoms with E-state index in [2.05, 4.69) is 20.6 Å². The summed E-state index contributed by atoms with van der Waals surface area (Å²) in [6.45, 7) is 3.59. The average Bonchev–Trinajstić information content (AvgIpc) is 3.12. The summed E-state index contributed by atoms with van der Waals surface area (Å²) in [4.78, 5) is 22.8. The molecule has 10 heteroatoms. The number of hydrogen-bond acceptors (Lipinski definition) is 6. The molecule has 1 unspecified atom stereocenters. The maximum Gasteiger partial charge on any atom is 0.246 e. The van der Waals surface area contributed by atoms with Crippen LogP contribution in [-0.2, 0) is 4.79 Å². The quantitative estimate of drug-likeness (QED) is 0.737. The number of anilines is 3. The number of amides is 1. The monoisotopic (exact) mass is 421 g/mol. The van der Waals surface area contributed by atoms with E-state index in [0.29, 0.717) is 36.0 Å². The van der Waals surface area contributed by atoms with Crippen molar-refractivity contribution in [3.05, 3.63) is 35.3 Å². The first kappa shape index (κ1) is 20.2. The number of aromatic nitrogens is 2. The number of aryl methyl sites for hydroxylation is 1. The number of benzene rings is 1. The van der Waals surface area contributed by atoms with Crippen LogP contribution in [-0.4, -0.2) is 41.1 Å². The van der Waals surface area contributed by atoms with Crippen molar-refractivity contribution in [2.75, 3.05) is 22.6 Å². The summed E-state index contributed by atoms with van der Waals surface area (Å²) in [7, 11) is 1.80. The van der Waals surface area contributed by atoms with E-state index >= 15 is 0 Å². The van der Waals surface area contributed by atoms with Crippen molar-refractivity contribution in [3.63, 3.8) is 0 Å². The molecule has 1 amide bonds. The second-order valence-corrected chi connectivity index (χ2v) is 7.70. The predicted molar refractivity (Wildman–Crippen MR) is 105 cm³/mol. The molecule has 1 aromatic heterocycles. The van der Waals surface area contributed by atoms with E-state index in [0.717, 1.165) is 18.6 Å². The molecule has 1 aromatic carbocycles. The second-order valence-electron chi connectivity index (χ2n) is 7.70. The summed E-state index contributed by atoms with van der Waals surface area (Å²) in [5, 5.41) is 6.11. The standard InChI is InChI=1S/C20H22F3N5O2/c1-9-17-18(28(3)10(2)19(29)26-17)27-20(24-9)25-11-4-5-12(6-11)30-13-7-14(21)16(23)15(22)8-13/h7-8,10-12H,4-6H2,1-3H3,(H,26,29)(H,24,25,27)/t10?,11-,12-/m1/s1. The van der Waals surface area contributed by atoms with Crippen LogP contribution in [0.4, 0.5) is 30.6 Å². The van der Waals surface area contributed by atoms with Gasteiger partial charge in [-0.2, -0.15) is 4.98 Å². The van der Waals surface area contributed by atoms with Crippen LogP contribution in [0.15, 0.2) is 12.1 Å². The normalized spacial score (nSPS) is 23.2. The minimum atomic E-state index is -1.51. The number of fused-ring (bicyclic) bond motifs is 1. The van der Waals surface area contributed by atoms with Crippen LogP contribution in [0.5, 0.6) is 5.75 Å². The van der Waals surface area contributed by atoms with Crippen molar-refractivity contribution in [2.24, 2.45) is 0 Å². The molecular formula is C20H22F3N5O2. The lowest BCUT2D eigenvalue weighted by atomic mass is 10.2. The Bertz CT molecular complexity index is 980. The lowest BCUT2D eigenvalue weighted by molar-refractivity contribution is -0.117. The van der Waals surface area contributed by atoms with Crippen molar-refractivity contribution in [2.45, 2.75) is 51.3 Å². The van der Waals surface area contributed by atoms with Gasteiger partial charge in [-0.05, 0) is 26.7 Å². The van der Waals surface area contributed by atoms with Crippen LogP contribution in [0.3, 0.4) is 0 Å². The number of carbonyl (C=O) groups is 1. The Hall–Kier alpha value is -3.04. The van der Waals surface area contributed by atoms with E-state index in [1.54, 1.807) is 25.8 Å². The van der Waals surface area contributed by atoms with Gasteiger partial charge in [-0.25, -0.2) is 18.2 Å². The highest BCUT2D eigenvalue weighted by molar-refractivity contribution is 6.03. The molecule has 2 N–H and O–H groups in total. The Labute approximate surface area is 171 Å². The highest BCUT2D eigenvalue weighted by Gasteiger charge is 2.32. The molecule has 1 saturated carbocycles. The number of halogens is 3. The number of nitrogens with zero attached hydrogens (tertiary/aromatic N) is 3. The van der Waals surface area contributed by atoms with E-state index in [1.165, 1.54) is 0 Å². The summed E-state index contributed by atoms with van der Waals surface area (Å²) in [6.07, 6.45) is 1.71. The molecule has 3 atom stereocenters. The molecule has 0 bridgehead atoms. The van der Waals surface area contributed by atoms with Crippen LogP contribution < -0.4 is 20.3 Å². The van der Waals surface area contributed by atoms with E-state index in [4.69, 9.17) is 4.74 Å². The minimum absolute atomic E-state index is 0.00324. The summed E-state index contributed by atoms with van der Waals surface area (Å²) >= 11 is 0. The third-order valence-corrected chi connectivity index (χ3v) is 5.59. The predicted octanol–water partition coefficient (Wildman–Crippen LogP) is 3.39. The van der Waals surface area contributed by atoms with Crippen molar-refractivity contribution >= 4 is 23.4 Å². The molecule has 2 heterocycles. The highest BCUT2D eigenvalue weighted by Crippen LogP contribution is 2.33. The van der Waals surface area contributed by atoms with Crippen LogP contribution in [0.25, 0.3) is 0 Å². The van der Waals surface area contributed by atoms with E-state index in [-0.39, 0.29) is 29.8 Å². The Balaban J connectivity index is 1.44. The van der Waals surface area contributed by atoms with Gasteiger partial charge < -0.3 is 20.3 Å². The minimum Gasteiger partial charge on any atom is -0.490 e. The SMILES string of the molecule is Cc1nc(N[C@@H]2CC[C@@H](Oc3cc(F)c(F)c(F)c3)C2)nc2c1NC(=O)C(C)N2C. The maximum atomic E-state index is 13.4. The van der Waals surface area contributed by atoms with Gasteiger partial charge in [0, 0.05) is 31.6 Å². The zero-order chi connectivity index (χ0) is 21.6. The number of likely N-dealkylation sites (N-methyl/N-ethyl adjacent to an activating group) is 1. The summed E-state index contributed by atoms with van der Waals surface area (Å²) in [5.74, 6) is -3.14. The Morgan fingerprint density at radius 2 is 1.90 bits per heavy atom. The van der Waals surface area contributed by atoms with Crippen molar-refractivity contribution in [1.82, 2.24) is 9.97 Å². The molecule has 30 heavy (non-hydrogen) atoms. The van der Waals surface area contributed by atoms with Gasteiger partial charge in [0.05, 0.1) is 5.69 Å². The average molecular weight is 421 g/mol. The van der Waals surface area contributed by atoms with Crippen molar-refractivity contribution in [3.8, 4) is 5.75 Å². The highest BCUT2D eigenvalue weighted by atomic mass is 19.2. The topological polar surface area (TPSA) is 79.4 Å². The van der Waals surface area contributed by atoms with Gasteiger partial charge in [0.2, 0.25) is 11.9 Å². The van der Waals surface area contributed by atoms with Crippen molar-refractivity contribution < 1.29 is 22.7 Å². The van der Waals surface area contributed by atoms with Crippen LogP contribution >= 0.6 is 0 Å². The lowest BCUT2D eigenvalue weighted by Gasteiger charge is -2.32. The molecule has 4 rings (SSSR count). The molecule has 0 radical (unpaired) electrons. The molecule has 1 aliphatic carbocycles. The number of rotatable bonds is 4. The molecule has 7 nitrogen and oxygen atoms in total. The van der Waals surface area contributed by atoms with Gasteiger partial charge >= 0.3 is 0 Å². The smallest absolute Gasteiger partial charge is 0.246 e. The van der Waals surface area contributed by atoms with Gasteiger partial charge in [0.25, 0.3) is 0 Å². The molecule has 0 saturated heterocycles. The summed E-state index contributed by atoms with van der Waals surface area (Å²) in [6, 6.07) is 1.35. The summed E-state index contributed by atoms with van der Waals surface area (Å²) in [5.41, 5.74) is 1.25. The zero-order valence-electron chi connectivity index (χ0n) is 16.8.